The summed E-state index contributed by atoms with van der Waals surface area (Å²) in [6.45, 7) is 5.22. The maximum atomic E-state index is 12.8. The van der Waals surface area contributed by atoms with Crippen LogP contribution >= 0.6 is 0 Å². The topological polar surface area (TPSA) is 52.7 Å². The minimum Gasteiger partial charge on any atom is -0.342 e. The summed E-state index contributed by atoms with van der Waals surface area (Å²) in [6.07, 6.45) is 5.56. The Kier molecular flexibility index (Phi) is 6.03. The molecule has 0 aromatic rings. The maximum Gasteiger partial charge on any atom is 0.227 e. The zero-order chi connectivity index (χ0) is 15.2. The fraction of sp³-hybridized carbons (Fsp3) is 0.875. The van der Waals surface area contributed by atoms with Gasteiger partial charge in [0.15, 0.2) is 0 Å². The first-order valence-electron chi connectivity index (χ1n) is 8.40. The molecule has 2 aliphatic rings. The van der Waals surface area contributed by atoms with Crippen molar-refractivity contribution in [3.8, 4) is 0 Å². The summed E-state index contributed by atoms with van der Waals surface area (Å²) in [4.78, 5) is 28.8. The highest BCUT2D eigenvalue weighted by Gasteiger charge is 2.35. The summed E-state index contributed by atoms with van der Waals surface area (Å²) in [7, 11) is 1.94. The van der Waals surface area contributed by atoms with Crippen molar-refractivity contribution in [3.05, 3.63) is 0 Å². The Bertz CT molecular complexity index is 373. The van der Waals surface area contributed by atoms with Gasteiger partial charge >= 0.3 is 0 Å². The van der Waals surface area contributed by atoms with Crippen molar-refractivity contribution >= 4 is 11.8 Å². The summed E-state index contributed by atoms with van der Waals surface area (Å²) in [5, 5.41) is 3.18. The van der Waals surface area contributed by atoms with Gasteiger partial charge in [-0.2, -0.15) is 0 Å². The highest BCUT2D eigenvalue weighted by Crippen LogP contribution is 2.24. The van der Waals surface area contributed by atoms with Gasteiger partial charge in [0.2, 0.25) is 11.8 Å². The third-order valence-electron chi connectivity index (χ3n) is 4.69. The van der Waals surface area contributed by atoms with E-state index in [0.29, 0.717) is 19.0 Å². The third-order valence-corrected chi connectivity index (χ3v) is 4.69. The van der Waals surface area contributed by atoms with Crippen LogP contribution in [0, 0.1) is 5.92 Å². The van der Waals surface area contributed by atoms with Gasteiger partial charge in [0.1, 0.15) is 0 Å². The van der Waals surface area contributed by atoms with E-state index >= 15 is 0 Å². The Morgan fingerprint density at radius 2 is 1.95 bits per heavy atom. The molecule has 2 atom stereocenters. The highest BCUT2D eigenvalue weighted by molar-refractivity contribution is 5.82. The van der Waals surface area contributed by atoms with Gasteiger partial charge < -0.3 is 15.1 Å². The molecule has 0 aliphatic carbocycles. The van der Waals surface area contributed by atoms with Gasteiger partial charge in [-0.3, -0.25) is 9.59 Å². The van der Waals surface area contributed by atoms with Crippen LogP contribution in [0.2, 0.25) is 0 Å². The van der Waals surface area contributed by atoms with Gasteiger partial charge in [0.25, 0.3) is 0 Å². The predicted molar refractivity (Wildman–Crippen MR) is 82.9 cm³/mol. The van der Waals surface area contributed by atoms with Crippen molar-refractivity contribution < 1.29 is 9.59 Å². The van der Waals surface area contributed by atoms with E-state index in [0.717, 1.165) is 51.7 Å². The zero-order valence-corrected chi connectivity index (χ0v) is 13.4. The Labute approximate surface area is 128 Å². The summed E-state index contributed by atoms with van der Waals surface area (Å²) in [6, 6.07) is 0.337. The normalized spacial score (nSPS) is 26.2. The van der Waals surface area contributed by atoms with Gasteiger partial charge in [-0.05, 0) is 39.2 Å². The molecule has 2 amide bonds. The Morgan fingerprint density at radius 3 is 2.67 bits per heavy atom. The first-order chi connectivity index (χ1) is 10.2. The molecular weight excluding hydrogens is 266 g/mol. The number of amides is 2. The van der Waals surface area contributed by atoms with E-state index in [-0.39, 0.29) is 17.7 Å². The molecule has 21 heavy (non-hydrogen) atoms. The monoisotopic (exact) mass is 295 g/mol. The van der Waals surface area contributed by atoms with E-state index in [4.69, 9.17) is 0 Å². The van der Waals surface area contributed by atoms with Gasteiger partial charge in [-0.25, -0.2) is 0 Å². The second-order valence-corrected chi connectivity index (χ2v) is 6.31. The molecular formula is C16H29N3O2. The van der Waals surface area contributed by atoms with Gasteiger partial charge in [0, 0.05) is 38.6 Å². The fourth-order valence-corrected chi connectivity index (χ4v) is 3.59. The standard InChI is InChI=1S/C16H29N3O2/c1-3-6-15(20)18-9-4-7-13(12-18)16(21)19-10-5-8-14(19)11-17-2/h13-14,17H,3-12H2,1-2H3. The summed E-state index contributed by atoms with van der Waals surface area (Å²) >= 11 is 0. The van der Waals surface area contributed by atoms with Crippen molar-refractivity contribution in [2.45, 2.75) is 51.5 Å². The fourth-order valence-electron chi connectivity index (χ4n) is 3.59. The second kappa shape index (κ2) is 7.78. The highest BCUT2D eigenvalue weighted by atomic mass is 16.2. The number of hydrogen-bond acceptors (Lipinski definition) is 3. The lowest BCUT2D eigenvalue weighted by Gasteiger charge is -2.35. The van der Waals surface area contributed by atoms with Crippen molar-refractivity contribution in [1.82, 2.24) is 15.1 Å². The molecule has 0 radical (unpaired) electrons. The van der Waals surface area contributed by atoms with Crippen LogP contribution in [0.5, 0.6) is 0 Å². The van der Waals surface area contributed by atoms with Crippen LogP contribution in [0.3, 0.4) is 0 Å². The molecule has 2 aliphatic heterocycles. The van der Waals surface area contributed by atoms with Crippen LogP contribution in [0.15, 0.2) is 0 Å². The zero-order valence-electron chi connectivity index (χ0n) is 13.4. The van der Waals surface area contributed by atoms with Crippen LogP contribution < -0.4 is 5.32 Å². The molecule has 2 unspecified atom stereocenters. The first kappa shape index (κ1) is 16.3. The summed E-state index contributed by atoms with van der Waals surface area (Å²) in [5.41, 5.74) is 0. The number of piperidine rings is 1. The van der Waals surface area contributed by atoms with Crippen LogP contribution in [-0.4, -0.2) is 60.9 Å². The molecule has 5 heteroatoms. The minimum absolute atomic E-state index is 0.0111. The van der Waals surface area contributed by atoms with Crippen LogP contribution in [-0.2, 0) is 9.59 Å². The van der Waals surface area contributed by atoms with Crippen LogP contribution in [0.1, 0.15) is 45.4 Å². The number of likely N-dealkylation sites (N-methyl/N-ethyl adjacent to an activating group) is 1. The van der Waals surface area contributed by atoms with E-state index < -0.39 is 0 Å². The second-order valence-electron chi connectivity index (χ2n) is 6.31. The number of rotatable bonds is 5. The summed E-state index contributed by atoms with van der Waals surface area (Å²) < 4.78 is 0. The van der Waals surface area contributed by atoms with Gasteiger partial charge in [-0.15, -0.1) is 0 Å². The van der Waals surface area contributed by atoms with Crippen molar-refractivity contribution in [2.24, 2.45) is 5.92 Å². The van der Waals surface area contributed by atoms with Crippen molar-refractivity contribution in [2.75, 3.05) is 33.2 Å². The Balaban J connectivity index is 1.94. The third kappa shape index (κ3) is 3.96. The van der Waals surface area contributed by atoms with Crippen molar-refractivity contribution in [1.29, 1.82) is 0 Å². The van der Waals surface area contributed by atoms with E-state index in [1.807, 2.05) is 18.9 Å². The molecule has 2 fully saturated rings. The van der Waals surface area contributed by atoms with E-state index in [1.54, 1.807) is 0 Å². The van der Waals surface area contributed by atoms with Crippen LogP contribution in [0.25, 0.3) is 0 Å². The molecule has 0 saturated carbocycles. The van der Waals surface area contributed by atoms with Gasteiger partial charge in [-0.1, -0.05) is 6.92 Å². The number of carbonyl (C=O) groups excluding carboxylic acids is 2. The smallest absolute Gasteiger partial charge is 0.227 e. The Morgan fingerprint density at radius 1 is 1.19 bits per heavy atom. The van der Waals surface area contributed by atoms with Crippen LogP contribution in [0.4, 0.5) is 0 Å². The lowest BCUT2D eigenvalue weighted by Crippen LogP contribution is -2.49. The van der Waals surface area contributed by atoms with E-state index in [1.165, 1.54) is 0 Å². The molecule has 1 N–H and O–H groups in total. The predicted octanol–water partition coefficient (Wildman–Crippen LogP) is 1.24. The summed E-state index contributed by atoms with van der Waals surface area (Å²) in [5.74, 6) is 0.488. The number of nitrogens with zero attached hydrogens (tertiary/aromatic N) is 2. The largest absolute Gasteiger partial charge is 0.342 e. The molecule has 120 valence electrons. The number of carbonyl (C=O) groups is 2. The van der Waals surface area contributed by atoms with E-state index in [2.05, 4.69) is 10.2 Å². The molecule has 0 spiro atoms. The maximum absolute atomic E-state index is 12.8. The molecule has 0 aromatic carbocycles. The number of nitrogens with one attached hydrogen (secondary N) is 1. The molecule has 5 nitrogen and oxygen atoms in total. The molecule has 0 aromatic heterocycles. The lowest BCUT2D eigenvalue weighted by atomic mass is 9.95. The van der Waals surface area contributed by atoms with Crippen molar-refractivity contribution in [3.63, 3.8) is 0 Å². The molecule has 2 saturated heterocycles. The average molecular weight is 295 g/mol. The van der Waals surface area contributed by atoms with Gasteiger partial charge in [0.05, 0.1) is 5.92 Å². The number of hydrogen-bond donors (Lipinski definition) is 1. The van der Waals surface area contributed by atoms with E-state index in [9.17, 15) is 9.59 Å². The molecule has 2 rings (SSSR count). The lowest BCUT2D eigenvalue weighted by molar-refractivity contribution is -0.141. The SMILES string of the molecule is CCCC(=O)N1CCCC(C(=O)N2CCCC2CNC)C1. The molecule has 0 bridgehead atoms. The minimum atomic E-state index is 0.0111. The first-order valence-corrected chi connectivity index (χ1v) is 8.40. The quantitative estimate of drug-likeness (QED) is 0.830. The Hall–Kier alpha value is -1.10. The molecule has 2 heterocycles. The number of likely N-dealkylation sites (tertiary alicyclic amines) is 2. The average Bonchev–Trinajstić information content (AvgIpc) is 2.95.